The number of allylic oxidation sites excluding steroid dienone is 2. The van der Waals surface area contributed by atoms with E-state index in [1.165, 1.54) is 12.7 Å². The van der Waals surface area contributed by atoms with Crippen molar-refractivity contribution in [3.8, 4) is 0 Å². The van der Waals surface area contributed by atoms with Crippen LogP contribution in [-0.2, 0) is 24.2 Å². The lowest BCUT2D eigenvalue weighted by Crippen LogP contribution is -2.47. The topological polar surface area (TPSA) is 128 Å². The van der Waals surface area contributed by atoms with Crippen molar-refractivity contribution in [2.24, 2.45) is 11.8 Å². The Morgan fingerprint density at radius 3 is 2.66 bits per heavy atom. The van der Waals surface area contributed by atoms with E-state index < -0.39 is 6.10 Å². The number of hydrogen-bond acceptors (Lipinski definition) is 10. The Morgan fingerprint density at radius 1 is 1.19 bits per heavy atom. The standard InChI is InChI=1S/C35H56N6O6/c1-7-27-19-39(15-13-31(27)25(4)22-46-23-29-20-41(29)47-45-6)21-30(42)18-37-34(43)26(5)32-10-8-9-14-36-33(32)38-28-11-16-40(17-12-28)35(44)24(2)3/h7,9,14,22,24,26,28-30,36,38,42H,1,8,10-13,15-21,23H2,2-6H3,(H,37,43)/b25-22+/t26?,29?,30-,41?/m0/s1. The first kappa shape index (κ1) is 36.7. The minimum atomic E-state index is -0.700. The molecule has 2 amide bonds. The molecule has 2 fully saturated rings. The average Bonchev–Trinajstić information content (AvgIpc) is 3.85. The van der Waals surface area contributed by atoms with E-state index in [1.54, 1.807) is 11.3 Å². The number of nitrogens with zero attached hydrogens (tertiary/aromatic N) is 3. The van der Waals surface area contributed by atoms with E-state index in [1.807, 2.05) is 44.9 Å². The second-order valence-corrected chi connectivity index (χ2v) is 13.3. The van der Waals surface area contributed by atoms with Crippen molar-refractivity contribution in [2.75, 3.05) is 59.5 Å². The number of hydroxylamine groups is 2. The van der Waals surface area contributed by atoms with Crippen molar-refractivity contribution in [1.82, 2.24) is 30.8 Å². The SMILES string of the molecule is C=CC1=C(/C(C)=C/OCC2CN2OOC)CCN(C[C@@H](O)CNC(=O)C(C)C2=C(NC3CCN(C(=O)C(C)C)CC3)NC=CCC2)C1. The highest BCUT2D eigenvalue weighted by atomic mass is 17.3. The Hall–Kier alpha value is -3.16. The summed E-state index contributed by atoms with van der Waals surface area (Å²) in [6, 6.07) is 0.426. The van der Waals surface area contributed by atoms with E-state index >= 15 is 0 Å². The number of hydrogen-bond donors (Lipinski definition) is 4. The summed E-state index contributed by atoms with van der Waals surface area (Å²) in [5.41, 5.74) is 4.43. The zero-order valence-electron chi connectivity index (χ0n) is 28.9. The summed E-state index contributed by atoms with van der Waals surface area (Å²) in [6.07, 6.45) is 11.2. The van der Waals surface area contributed by atoms with Crippen LogP contribution in [0.5, 0.6) is 0 Å². The first-order valence-corrected chi connectivity index (χ1v) is 17.1. The number of β-amino-alcohol motifs (C(OH)–C–C–N with tert-alkyl or cyclic N) is 1. The summed E-state index contributed by atoms with van der Waals surface area (Å²) < 4.78 is 5.79. The van der Waals surface area contributed by atoms with Gasteiger partial charge in [0.1, 0.15) is 12.4 Å². The van der Waals surface area contributed by atoms with Crippen LogP contribution >= 0.6 is 0 Å². The minimum Gasteiger partial charge on any atom is -0.499 e. The molecule has 12 nitrogen and oxygen atoms in total. The van der Waals surface area contributed by atoms with Crippen molar-refractivity contribution < 1.29 is 29.3 Å². The van der Waals surface area contributed by atoms with Crippen molar-refractivity contribution >= 4 is 11.8 Å². The van der Waals surface area contributed by atoms with E-state index in [-0.39, 0.29) is 42.3 Å². The Balaban J connectivity index is 1.24. The van der Waals surface area contributed by atoms with E-state index in [4.69, 9.17) is 9.73 Å². The molecular formula is C35H56N6O6. The third-order valence-corrected chi connectivity index (χ3v) is 9.36. The summed E-state index contributed by atoms with van der Waals surface area (Å²) in [7, 11) is 1.48. The molecule has 4 N–H and O–H groups in total. The molecule has 0 saturated carbocycles. The van der Waals surface area contributed by atoms with Crippen molar-refractivity contribution in [3.63, 3.8) is 0 Å². The molecule has 0 aromatic heterocycles. The van der Waals surface area contributed by atoms with Crippen molar-refractivity contribution in [2.45, 2.75) is 78.0 Å². The van der Waals surface area contributed by atoms with Crippen LogP contribution in [-0.4, -0.2) is 110 Å². The van der Waals surface area contributed by atoms with Gasteiger partial charge >= 0.3 is 0 Å². The molecule has 262 valence electrons. The summed E-state index contributed by atoms with van der Waals surface area (Å²) in [5.74, 6) is 0.635. The van der Waals surface area contributed by atoms with Crippen molar-refractivity contribution in [3.05, 3.63) is 59.3 Å². The quantitative estimate of drug-likeness (QED) is 0.0853. The molecular weight excluding hydrogens is 600 g/mol. The van der Waals surface area contributed by atoms with E-state index in [0.717, 1.165) is 80.8 Å². The lowest BCUT2D eigenvalue weighted by molar-refractivity contribution is -0.377. The van der Waals surface area contributed by atoms with Crippen LogP contribution in [0.2, 0.25) is 0 Å². The largest absolute Gasteiger partial charge is 0.499 e. The van der Waals surface area contributed by atoms with Gasteiger partial charge < -0.3 is 30.7 Å². The highest BCUT2D eigenvalue weighted by Crippen LogP contribution is 2.27. The molecule has 3 unspecified atom stereocenters. The van der Waals surface area contributed by atoms with Gasteiger partial charge in [0, 0.05) is 57.8 Å². The maximum atomic E-state index is 13.3. The molecule has 4 heterocycles. The van der Waals surface area contributed by atoms with E-state index in [2.05, 4.69) is 38.4 Å². The molecule has 0 aliphatic carbocycles. The summed E-state index contributed by atoms with van der Waals surface area (Å²) in [5, 5.41) is 22.6. The lowest BCUT2D eigenvalue weighted by atomic mass is 9.94. The van der Waals surface area contributed by atoms with Gasteiger partial charge in [0.05, 0.1) is 31.4 Å². The number of ether oxygens (including phenoxy) is 1. The van der Waals surface area contributed by atoms with Gasteiger partial charge in [-0.05, 0) is 74.4 Å². The first-order chi connectivity index (χ1) is 22.6. The zero-order valence-corrected chi connectivity index (χ0v) is 28.9. The zero-order chi connectivity index (χ0) is 33.9. The molecule has 2 saturated heterocycles. The highest BCUT2D eigenvalue weighted by molar-refractivity contribution is 5.81. The fourth-order valence-electron chi connectivity index (χ4n) is 6.43. The van der Waals surface area contributed by atoms with Gasteiger partial charge in [-0.2, -0.15) is 0 Å². The van der Waals surface area contributed by atoms with Gasteiger partial charge in [0.15, 0.2) is 0 Å². The molecule has 0 radical (unpaired) electrons. The third kappa shape index (κ3) is 10.7. The van der Waals surface area contributed by atoms with Crippen LogP contribution in [0.15, 0.2) is 59.3 Å². The maximum absolute atomic E-state index is 13.3. The Labute approximate surface area is 280 Å². The molecule has 4 atom stereocenters. The third-order valence-electron chi connectivity index (χ3n) is 9.36. The number of likely N-dealkylation sites (tertiary alicyclic amines) is 1. The number of rotatable bonds is 16. The second-order valence-electron chi connectivity index (χ2n) is 13.3. The fraction of sp³-hybridized carbons (Fsp3) is 0.657. The van der Waals surface area contributed by atoms with Crippen LogP contribution < -0.4 is 16.0 Å². The number of amides is 2. The second kappa shape index (κ2) is 17.8. The smallest absolute Gasteiger partial charge is 0.227 e. The first-order valence-electron chi connectivity index (χ1n) is 17.1. The highest BCUT2D eigenvalue weighted by Gasteiger charge is 2.37. The van der Waals surface area contributed by atoms with E-state index in [0.29, 0.717) is 19.7 Å². The van der Waals surface area contributed by atoms with Crippen LogP contribution in [0.4, 0.5) is 0 Å². The number of carbonyl (C=O) groups is 2. The molecule has 4 aliphatic heterocycles. The predicted molar refractivity (Wildman–Crippen MR) is 181 cm³/mol. The maximum Gasteiger partial charge on any atom is 0.227 e. The normalized spacial score (nSPS) is 24.1. The average molecular weight is 657 g/mol. The molecule has 47 heavy (non-hydrogen) atoms. The van der Waals surface area contributed by atoms with E-state index in [9.17, 15) is 14.7 Å². The van der Waals surface area contributed by atoms with Crippen LogP contribution in [0, 0.1) is 11.8 Å². The Morgan fingerprint density at radius 2 is 1.96 bits per heavy atom. The number of carbonyl (C=O) groups excluding carboxylic acids is 2. The van der Waals surface area contributed by atoms with Gasteiger partial charge in [-0.3, -0.25) is 14.5 Å². The van der Waals surface area contributed by atoms with Gasteiger partial charge in [-0.25, -0.2) is 4.89 Å². The molecule has 0 spiro atoms. The van der Waals surface area contributed by atoms with Gasteiger partial charge in [-0.1, -0.05) is 32.6 Å². The van der Waals surface area contributed by atoms with Crippen LogP contribution in [0.3, 0.4) is 0 Å². The monoisotopic (exact) mass is 656 g/mol. The molecule has 12 heteroatoms. The minimum absolute atomic E-state index is 0.00861. The number of nitrogens with one attached hydrogen (secondary N) is 3. The molecule has 4 aliphatic rings. The summed E-state index contributed by atoms with van der Waals surface area (Å²) in [6.45, 7) is 16.8. The fourth-order valence-corrected chi connectivity index (χ4v) is 6.43. The number of aliphatic hydroxyl groups is 1. The molecule has 4 rings (SSSR count). The summed E-state index contributed by atoms with van der Waals surface area (Å²) >= 11 is 0. The molecule has 0 aromatic rings. The number of aliphatic hydroxyl groups excluding tert-OH is 1. The Kier molecular flexibility index (Phi) is 13.9. The van der Waals surface area contributed by atoms with Gasteiger partial charge in [0.25, 0.3) is 0 Å². The van der Waals surface area contributed by atoms with Crippen molar-refractivity contribution in [1.29, 1.82) is 0 Å². The summed E-state index contributed by atoms with van der Waals surface area (Å²) in [4.78, 5) is 39.5. The molecule has 0 aromatic carbocycles. The predicted octanol–water partition coefficient (Wildman–Crippen LogP) is 2.73. The lowest BCUT2D eigenvalue weighted by Gasteiger charge is -2.35. The number of piperidine rings is 1. The Bertz CT molecular complexity index is 1220. The van der Waals surface area contributed by atoms with Gasteiger partial charge in [0.2, 0.25) is 11.8 Å². The van der Waals surface area contributed by atoms with Crippen LogP contribution in [0.25, 0.3) is 0 Å². The molecule has 0 bridgehead atoms. The van der Waals surface area contributed by atoms with Crippen LogP contribution in [0.1, 0.15) is 59.8 Å². The van der Waals surface area contributed by atoms with Gasteiger partial charge in [-0.15, -0.1) is 10.1 Å².